The first-order valence-electron chi connectivity index (χ1n) is 5.49. The Bertz CT molecular complexity index is 566. The van der Waals surface area contributed by atoms with Crippen LogP contribution in [0.25, 0.3) is 0 Å². The molecule has 0 saturated carbocycles. The normalized spacial score (nSPS) is 12.7. The standard InChI is InChI=1S/C13H14F2N2S/c1-7-3-10(12(15)5-11(7)14)13(17-16)9-4-8(2)18-6-9/h3-6,13,17H,16H2,1-2H3. The Labute approximate surface area is 108 Å². The van der Waals surface area contributed by atoms with E-state index in [1.54, 1.807) is 18.3 Å². The number of thiophene rings is 1. The first-order valence-corrected chi connectivity index (χ1v) is 6.37. The molecule has 0 amide bonds. The Hall–Kier alpha value is -1.30. The smallest absolute Gasteiger partial charge is 0.131 e. The molecule has 1 aromatic heterocycles. The number of hydrogen-bond donors (Lipinski definition) is 2. The van der Waals surface area contributed by atoms with E-state index < -0.39 is 17.7 Å². The van der Waals surface area contributed by atoms with Gasteiger partial charge >= 0.3 is 0 Å². The van der Waals surface area contributed by atoms with Crippen LogP contribution in [0.4, 0.5) is 8.78 Å². The maximum atomic E-state index is 13.8. The van der Waals surface area contributed by atoms with Gasteiger partial charge in [0, 0.05) is 16.5 Å². The molecule has 18 heavy (non-hydrogen) atoms. The van der Waals surface area contributed by atoms with Gasteiger partial charge in [-0.05, 0) is 42.5 Å². The van der Waals surface area contributed by atoms with Gasteiger partial charge in [-0.1, -0.05) is 0 Å². The molecule has 0 bridgehead atoms. The molecule has 5 heteroatoms. The molecular formula is C13H14F2N2S. The lowest BCUT2D eigenvalue weighted by molar-refractivity contribution is 0.538. The van der Waals surface area contributed by atoms with Crippen LogP contribution in [0.15, 0.2) is 23.6 Å². The second-order valence-corrected chi connectivity index (χ2v) is 5.33. The highest BCUT2D eigenvalue weighted by molar-refractivity contribution is 7.10. The highest BCUT2D eigenvalue weighted by Crippen LogP contribution is 2.28. The van der Waals surface area contributed by atoms with Gasteiger partial charge in [0.15, 0.2) is 0 Å². The zero-order valence-corrected chi connectivity index (χ0v) is 10.9. The number of rotatable bonds is 3. The van der Waals surface area contributed by atoms with Crippen LogP contribution in [-0.2, 0) is 0 Å². The molecule has 1 unspecified atom stereocenters. The van der Waals surface area contributed by atoms with Crippen molar-refractivity contribution in [3.8, 4) is 0 Å². The van der Waals surface area contributed by atoms with E-state index in [0.717, 1.165) is 16.5 Å². The number of hydrazine groups is 1. The van der Waals surface area contributed by atoms with Gasteiger partial charge in [0.25, 0.3) is 0 Å². The SMILES string of the molecule is Cc1cc(C(NN)c2cc(C)c(F)cc2F)cs1. The third-order valence-electron chi connectivity index (χ3n) is 2.84. The van der Waals surface area contributed by atoms with Gasteiger partial charge in [-0.25, -0.2) is 14.2 Å². The molecular weight excluding hydrogens is 254 g/mol. The van der Waals surface area contributed by atoms with E-state index >= 15 is 0 Å². The fraction of sp³-hybridized carbons (Fsp3) is 0.231. The fourth-order valence-corrected chi connectivity index (χ4v) is 2.61. The predicted molar refractivity (Wildman–Crippen MR) is 69.3 cm³/mol. The van der Waals surface area contributed by atoms with E-state index in [2.05, 4.69) is 5.43 Å². The summed E-state index contributed by atoms with van der Waals surface area (Å²) in [5.41, 5.74) is 4.22. The lowest BCUT2D eigenvalue weighted by atomic mass is 9.99. The van der Waals surface area contributed by atoms with Crippen molar-refractivity contribution in [2.24, 2.45) is 5.84 Å². The van der Waals surface area contributed by atoms with Crippen LogP contribution in [0.1, 0.15) is 27.6 Å². The topological polar surface area (TPSA) is 38.0 Å². The molecule has 0 fully saturated rings. The summed E-state index contributed by atoms with van der Waals surface area (Å²) in [6.07, 6.45) is 0. The number of aryl methyl sites for hydroxylation is 2. The minimum atomic E-state index is -0.593. The second-order valence-electron chi connectivity index (χ2n) is 4.21. The van der Waals surface area contributed by atoms with Gasteiger partial charge in [0.1, 0.15) is 11.6 Å². The molecule has 1 atom stereocenters. The van der Waals surface area contributed by atoms with Gasteiger partial charge < -0.3 is 0 Å². The van der Waals surface area contributed by atoms with Crippen LogP contribution in [0.3, 0.4) is 0 Å². The molecule has 0 aliphatic heterocycles. The number of nitrogens with two attached hydrogens (primary N) is 1. The zero-order valence-electron chi connectivity index (χ0n) is 10.1. The van der Waals surface area contributed by atoms with Gasteiger partial charge in [0.2, 0.25) is 0 Å². The summed E-state index contributed by atoms with van der Waals surface area (Å²) in [4.78, 5) is 1.12. The largest absolute Gasteiger partial charge is 0.271 e. The Morgan fingerprint density at radius 1 is 1.17 bits per heavy atom. The second kappa shape index (κ2) is 5.14. The molecule has 0 spiro atoms. The number of nitrogens with one attached hydrogen (secondary N) is 1. The predicted octanol–water partition coefficient (Wildman–Crippen LogP) is 3.20. The minimum absolute atomic E-state index is 0.356. The van der Waals surface area contributed by atoms with Crippen molar-refractivity contribution in [2.75, 3.05) is 0 Å². The van der Waals surface area contributed by atoms with Crippen LogP contribution in [0.2, 0.25) is 0 Å². The summed E-state index contributed by atoms with van der Waals surface area (Å²) < 4.78 is 27.1. The average molecular weight is 268 g/mol. The van der Waals surface area contributed by atoms with E-state index in [4.69, 9.17) is 5.84 Å². The van der Waals surface area contributed by atoms with Crippen molar-refractivity contribution in [3.63, 3.8) is 0 Å². The van der Waals surface area contributed by atoms with E-state index in [9.17, 15) is 8.78 Å². The number of halogens is 2. The van der Waals surface area contributed by atoms with Gasteiger partial charge in [0.05, 0.1) is 6.04 Å². The minimum Gasteiger partial charge on any atom is -0.271 e. The summed E-state index contributed by atoms with van der Waals surface area (Å²) in [6.45, 7) is 3.57. The monoisotopic (exact) mass is 268 g/mol. The summed E-state index contributed by atoms with van der Waals surface area (Å²) in [5.74, 6) is 4.36. The molecule has 3 N–H and O–H groups in total. The molecule has 0 saturated heterocycles. The van der Waals surface area contributed by atoms with Crippen molar-refractivity contribution < 1.29 is 8.78 Å². The Morgan fingerprint density at radius 3 is 2.44 bits per heavy atom. The van der Waals surface area contributed by atoms with Crippen molar-refractivity contribution in [3.05, 3.63) is 56.8 Å². The molecule has 96 valence electrons. The van der Waals surface area contributed by atoms with E-state index in [-0.39, 0.29) is 0 Å². The summed E-state index contributed by atoms with van der Waals surface area (Å²) in [5, 5.41) is 1.91. The Morgan fingerprint density at radius 2 is 1.89 bits per heavy atom. The highest BCUT2D eigenvalue weighted by atomic mass is 32.1. The maximum Gasteiger partial charge on any atom is 0.131 e. The first kappa shape index (κ1) is 13.1. The number of hydrogen-bond acceptors (Lipinski definition) is 3. The molecule has 0 aliphatic rings. The molecule has 2 rings (SSSR count). The lowest BCUT2D eigenvalue weighted by Gasteiger charge is -2.17. The molecule has 1 aromatic carbocycles. The van der Waals surface area contributed by atoms with E-state index in [1.165, 1.54) is 6.07 Å². The third-order valence-corrected chi connectivity index (χ3v) is 3.72. The van der Waals surface area contributed by atoms with Crippen molar-refractivity contribution in [1.82, 2.24) is 5.43 Å². The lowest BCUT2D eigenvalue weighted by Crippen LogP contribution is -2.29. The summed E-state index contributed by atoms with van der Waals surface area (Å²) >= 11 is 1.56. The molecule has 2 aromatic rings. The zero-order chi connectivity index (χ0) is 13.3. The van der Waals surface area contributed by atoms with Crippen LogP contribution < -0.4 is 11.3 Å². The summed E-state index contributed by atoms with van der Waals surface area (Å²) in [6, 6.07) is 3.86. The van der Waals surface area contributed by atoms with Gasteiger partial charge in [-0.2, -0.15) is 0 Å². The van der Waals surface area contributed by atoms with Crippen LogP contribution in [-0.4, -0.2) is 0 Å². The van der Waals surface area contributed by atoms with Gasteiger partial charge in [-0.15, -0.1) is 11.3 Å². The summed E-state index contributed by atoms with van der Waals surface area (Å²) in [7, 11) is 0. The van der Waals surface area contributed by atoms with Crippen molar-refractivity contribution >= 4 is 11.3 Å². The van der Waals surface area contributed by atoms with Gasteiger partial charge in [-0.3, -0.25) is 5.84 Å². The number of benzene rings is 1. The molecule has 0 aliphatic carbocycles. The molecule has 0 radical (unpaired) electrons. The molecule has 2 nitrogen and oxygen atoms in total. The third kappa shape index (κ3) is 2.43. The highest BCUT2D eigenvalue weighted by Gasteiger charge is 2.19. The molecule has 1 heterocycles. The average Bonchev–Trinajstić information content (AvgIpc) is 2.73. The van der Waals surface area contributed by atoms with Crippen LogP contribution in [0, 0.1) is 25.5 Å². The Kier molecular flexibility index (Phi) is 3.75. The van der Waals surface area contributed by atoms with Crippen molar-refractivity contribution in [2.45, 2.75) is 19.9 Å². The van der Waals surface area contributed by atoms with E-state index in [0.29, 0.717) is 11.1 Å². The van der Waals surface area contributed by atoms with Crippen LogP contribution in [0.5, 0.6) is 0 Å². The first-order chi connectivity index (χ1) is 8.52. The quantitative estimate of drug-likeness (QED) is 0.662. The maximum absolute atomic E-state index is 13.8. The van der Waals surface area contributed by atoms with Crippen molar-refractivity contribution in [1.29, 1.82) is 0 Å². The Balaban J connectivity index is 2.48. The van der Waals surface area contributed by atoms with E-state index in [1.807, 2.05) is 18.4 Å². The van der Waals surface area contributed by atoms with Crippen LogP contribution >= 0.6 is 11.3 Å². The fourth-order valence-electron chi connectivity index (χ4n) is 1.88.